The van der Waals surface area contributed by atoms with E-state index in [4.69, 9.17) is 14.3 Å². The summed E-state index contributed by atoms with van der Waals surface area (Å²) in [6.45, 7) is 1.15. The summed E-state index contributed by atoms with van der Waals surface area (Å²) in [5.74, 6) is -1.06. The number of nitrogens with zero attached hydrogens (tertiary/aromatic N) is 1. The van der Waals surface area contributed by atoms with E-state index >= 15 is 0 Å². The Morgan fingerprint density at radius 2 is 2.00 bits per heavy atom. The van der Waals surface area contributed by atoms with Gasteiger partial charge in [0, 0.05) is 31.1 Å². The number of amides is 1. The first-order valence-electron chi connectivity index (χ1n) is 7.63. The highest BCUT2D eigenvalue weighted by atomic mass is 16.5. The maximum absolute atomic E-state index is 12.8. The number of piperidine rings is 1. The Morgan fingerprint density at radius 1 is 1.30 bits per heavy atom. The van der Waals surface area contributed by atoms with Crippen molar-refractivity contribution in [2.75, 3.05) is 20.2 Å². The van der Waals surface area contributed by atoms with Crippen LogP contribution < -0.4 is 0 Å². The van der Waals surface area contributed by atoms with Crippen LogP contribution in [0.15, 0.2) is 28.7 Å². The number of hydrogen-bond acceptors (Lipinski definition) is 4. The third-order valence-corrected chi connectivity index (χ3v) is 4.31. The monoisotopic (exact) mass is 317 g/mol. The van der Waals surface area contributed by atoms with Crippen LogP contribution in [-0.2, 0) is 16.1 Å². The van der Waals surface area contributed by atoms with Gasteiger partial charge in [0.05, 0.1) is 12.5 Å². The summed E-state index contributed by atoms with van der Waals surface area (Å²) in [4.78, 5) is 25.5. The molecule has 0 atom stereocenters. The molecule has 0 radical (unpaired) electrons. The lowest BCUT2D eigenvalue weighted by atomic mass is 9.97. The molecule has 1 aliphatic heterocycles. The zero-order valence-electron chi connectivity index (χ0n) is 12.9. The molecule has 1 aromatic carbocycles. The van der Waals surface area contributed by atoms with Crippen molar-refractivity contribution in [3.05, 3.63) is 35.6 Å². The molecule has 1 aromatic heterocycles. The molecule has 1 saturated heterocycles. The number of hydrogen-bond donors (Lipinski definition) is 1. The van der Waals surface area contributed by atoms with Gasteiger partial charge < -0.3 is 19.2 Å². The topological polar surface area (TPSA) is 80.0 Å². The average Bonchev–Trinajstić information content (AvgIpc) is 2.93. The molecule has 0 saturated carbocycles. The zero-order valence-corrected chi connectivity index (χ0v) is 12.9. The molecule has 0 aliphatic carbocycles. The number of carboxylic acid groups (broad SMARTS) is 1. The standard InChI is InChI=1S/C17H19NO5/c1-22-10-13-12-4-2-3-5-14(12)23-15(13)16(19)18-8-6-11(7-9-18)17(20)21/h2-5,11H,6-10H2,1H3,(H,20,21). The Bertz CT molecular complexity index is 728. The number of fused-ring (bicyclic) bond motifs is 1. The molecule has 3 rings (SSSR count). The minimum atomic E-state index is -0.791. The van der Waals surface area contributed by atoms with Crippen molar-refractivity contribution < 1.29 is 23.8 Å². The van der Waals surface area contributed by atoms with E-state index in [1.54, 1.807) is 12.0 Å². The van der Waals surface area contributed by atoms with Gasteiger partial charge in [0.15, 0.2) is 5.76 Å². The molecule has 6 nitrogen and oxygen atoms in total. The van der Waals surface area contributed by atoms with Crippen LogP contribution in [0.2, 0.25) is 0 Å². The van der Waals surface area contributed by atoms with E-state index in [-0.39, 0.29) is 11.8 Å². The van der Waals surface area contributed by atoms with Crippen LogP contribution >= 0.6 is 0 Å². The fraction of sp³-hybridized carbons (Fsp3) is 0.412. The van der Waals surface area contributed by atoms with Gasteiger partial charge in [0.1, 0.15) is 5.58 Å². The molecule has 0 unspecified atom stereocenters. The lowest BCUT2D eigenvalue weighted by molar-refractivity contribution is -0.143. The Hall–Kier alpha value is -2.34. The summed E-state index contributed by atoms with van der Waals surface area (Å²) >= 11 is 0. The lowest BCUT2D eigenvalue weighted by Crippen LogP contribution is -2.40. The average molecular weight is 317 g/mol. The fourth-order valence-corrected chi connectivity index (χ4v) is 3.03. The van der Waals surface area contributed by atoms with E-state index in [0.717, 1.165) is 10.9 Å². The third-order valence-electron chi connectivity index (χ3n) is 4.31. The largest absolute Gasteiger partial charge is 0.481 e. The molecule has 23 heavy (non-hydrogen) atoms. The van der Waals surface area contributed by atoms with Crippen molar-refractivity contribution in [2.45, 2.75) is 19.4 Å². The molecule has 0 spiro atoms. The zero-order chi connectivity index (χ0) is 16.4. The van der Waals surface area contributed by atoms with E-state index in [1.165, 1.54) is 0 Å². The summed E-state index contributed by atoms with van der Waals surface area (Å²) in [5, 5.41) is 9.92. The third kappa shape index (κ3) is 2.94. The maximum atomic E-state index is 12.8. The number of aliphatic carboxylic acids is 1. The molecule has 2 aromatic rings. The van der Waals surface area contributed by atoms with Crippen LogP contribution in [0.25, 0.3) is 11.0 Å². The van der Waals surface area contributed by atoms with Gasteiger partial charge in [0.2, 0.25) is 0 Å². The second-order valence-corrected chi connectivity index (χ2v) is 5.74. The van der Waals surface area contributed by atoms with Crippen LogP contribution in [0, 0.1) is 5.92 Å². The smallest absolute Gasteiger partial charge is 0.306 e. The molecule has 1 amide bonds. The summed E-state index contributed by atoms with van der Waals surface area (Å²) in [7, 11) is 1.58. The van der Waals surface area contributed by atoms with Gasteiger partial charge in [-0.2, -0.15) is 0 Å². The van der Waals surface area contributed by atoms with E-state index in [1.807, 2.05) is 24.3 Å². The van der Waals surface area contributed by atoms with Gasteiger partial charge in [-0.15, -0.1) is 0 Å². The van der Waals surface area contributed by atoms with Crippen molar-refractivity contribution in [1.29, 1.82) is 0 Å². The molecular formula is C17H19NO5. The molecule has 1 aliphatic rings. The Morgan fingerprint density at radius 3 is 2.65 bits per heavy atom. The minimum Gasteiger partial charge on any atom is -0.481 e. The number of carboxylic acids is 1. The lowest BCUT2D eigenvalue weighted by Gasteiger charge is -2.29. The molecule has 1 fully saturated rings. The highest BCUT2D eigenvalue weighted by Gasteiger charge is 2.30. The number of ether oxygens (including phenoxy) is 1. The normalized spacial score (nSPS) is 16.0. The highest BCUT2D eigenvalue weighted by Crippen LogP contribution is 2.29. The van der Waals surface area contributed by atoms with Crippen molar-refractivity contribution in [1.82, 2.24) is 4.90 Å². The molecule has 0 bridgehead atoms. The van der Waals surface area contributed by atoms with Gasteiger partial charge in [-0.05, 0) is 18.9 Å². The molecule has 1 N–H and O–H groups in total. The van der Waals surface area contributed by atoms with Crippen LogP contribution in [0.3, 0.4) is 0 Å². The van der Waals surface area contributed by atoms with Gasteiger partial charge in [-0.3, -0.25) is 9.59 Å². The SMILES string of the molecule is COCc1c(C(=O)N2CCC(C(=O)O)CC2)oc2ccccc12. The predicted octanol–water partition coefficient (Wildman–Crippen LogP) is 2.52. The number of carbonyl (C=O) groups is 2. The van der Waals surface area contributed by atoms with Gasteiger partial charge in [-0.25, -0.2) is 0 Å². The first-order valence-corrected chi connectivity index (χ1v) is 7.63. The highest BCUT2D eigenvalue weighted by molar-refractivity contribution is 5.99. The second kappa shape index (κ2) is 6.42. The van der Waals surface area contributed by atoms with Crippen molar-refractivity contribution in [3.63, 3.8) is 0 Å². The second-order valence-electron chi connectivity index (χ2n) is 5.74. The van der Waals surface area contributed by atoms with Crippen LogP contribution in [-0.4, -0.2) is 42.1 Å². The number of furan rings is 1. The van der Waals surface area contributed by atoms with Crippen LogP contribution in [0.4, 0.5) is 0 Å². The molecule has 122 valence electrons. The van der Waals surface area contributed by atoms with E-state index in [9.17, 15) is 9.59 Å². The summed E-state index contributed by atoms with van der Waals surface area (Å²) < 4.78 is 11.0. The van der Waals surface area contributed by atoms with E-state index in [0.29, 0.717) is 43.9 Å². The Labute approximate surface area is 133 Å². The number of likely N-dealkylation sites (tertiary alicyclic amines) is 1. The molecular weight excluding hydrogens is 298 g/mol. The van der Waals surface area contributed by atoms with Crippen molar-refractivity contribution in [2.24, 2.45) is 5.92 Å². The van der Waals surface area contributed by atoms with Gasteiger partial charge >= 0.3 is 5.97 Å². The number of benzene rings is 1. The van der Waals surface area contributed by atoms with Gasteiger partial charge in [0.25, 0.3) is 5.91 Å². The molecule has 2 heterocycles. The van der Waals surface area contributed by atoms with Crippen LogP contribution in [0.1, 0.15) is 29.0 Å². The Balaban J connectivity index is 1.86. The van der Waals surface area contributed by atoms with Crippen molar-refractivity contribution in [3.8, 4) is 0 Å². The first-order chi connectivity index (χ1) is 11.1. The van der Waals surface area contributed by atoms with Crippen molar-refractivity contribution >= 4 is 22.8 Å². The quantitative estimate of drug-likeness (QED) is 0.937. The Kier molecular flexibility index (Phi) is 4.34. The number of carbonyl (C=O) groups excluding carboxylic acids is 1. The first kappa shape index (κ1) is 15.6. The number of para-hydroxylation sites is 1. The number of rotatable bonds is 4. The summed E-state index contributed by atoms with van der Waals surface area (Å²) in [6.07, 6.45) is 0.946. The van der Waals surface area contributed by atoms with E-state index < -0.39 is 5.97 Å². The fourth-order valence-electron chi connectivity index (χ4n) is 3.03. The molecule has 6 heteroatoms. The summed E-state index contributed by atoms with van der Waals surface area (Å²) in [6, 6.07) is 7.47. The van der Waals surface area contributed by atoms with Crippen LogP contribution in [0.5, 0.6) is 0 Å². The number of methoxy groups -OCH3 is 1. The summed E-state index contributed by atoms with van der Waals surface area (Å²) in [5.41, 5.74) is 1.40. The van der Waals surface area contributed by atoms with E-state index in [2.05, 4.69) is 0 Å². The maximum Gasteiger partial charge on any atom is 0.306 e. The minimum absolute atomic E-state index is 0.197. The predicted molar refractivity (Wildman–Crippen MR) is 83.2 cm³/mol. The van der Waals surface area contributed by atoms with Gasteiger partial charge in [-0.1, -0.05) is 18.2 Å².